The number of nitrogens with zero attached hydrogens (tertiary/aromatic N) is 2. The Bertz CT molecular complexity index is 771. The number of hydrogen-bond acceptors (Lipinski definition) is 7. The number of ether oxygens (including phenoxy) is 2. The molecule has 1 fully saturated rings. The minimum absolute atomic E-state index is 0.140. The van der Waals surface area contributed by atoms with Crippen LogP contribution in [0.15, 0.2) is 30.5 Å². The van der Waals surface area contributed by atoms with Crippen LogP contribution in [0.1, 0.15) is 6.42 Å². The van der Waals surface area contributed by atoms with Crippen molar-refractivity contribution in [3.8, 4) is 5.88 Å². The number of hydrogen-bond donors (Lipinski definition) is 2. The maximum atomic E-state index is 12.1. The number of carbonyl (C=O) groups excluding carboxylic acids is 1. The summed E-state index contributed by atoms with van der Waals surface area (Å²) >= 11 is 0. The maximum absolute atomic E-state index is 12.1. The Morgan fingerprint density at radius 2 is 2.04 bits per heavy atom. The van der Waals surface area contributed by atoms with Crippen molar-refractivity contribution in [3.63, 3.8) is 0 Å². The molecule has 2 aromatic rings. The number of benzene rings is 1. The number of para-hydroxylation sites is 2. The SMILES string of the molecule is O=C(OC(O)C1CC(Oc2cnc3ccccc3n2)CN1)C(F)(F)F. The number of rotatable bonds is 4. The molecule has 0 saturated carbocycles. The van der Waals surface area contributed by atoms with Gasteiger partial charge in [-0.25, -0.2) is 14.8 Å². The molecule has 0 aliphatic carbocycles. The van der Waals surface area contributed by atoms with Gasteiger partial charge in [0.25, 0.3) is 0 Å². The summed E-state index contributed by atoms with van der Waals surface area (Å²) in [5.74, 6) is -2.18. The number of esters is 1. The lowest BCUT2D eigenvalue weighted by Gasteiger charge is -2.19. The van der Waals surface area contributed by atoms with Crippen molar-refractivity contribution >= 4 is 17.0 Å². The predicted octanol–water partition coefficient (Wildman–Crippen LogP) is 1.16. The Morgan fingerprint density at radius 1 is 1.32 bits per heavy atom. The van der Waals surface area contributed by atoms with Crippen LogP contribution in [0.3, 0.4) is 0 Å². The van der Waals surface area contributed by atoms with Crippen LogP contribution in [0.2, 0.25) is 0 Å². The highest BCUT2D eigenvalue weighted by Gasteiger charge is 2.44. The van der Waals surface area contributed by atoms with Crippen molar-refractivity contribution in [2.45, 2.75) is 31.0 Å². The second-order valence-corrected chi connectivity index (χ2v) is 5.48. The molecule has 0 spiro atoms. The fraction of sp³-hybridized carbons (Fsp3) is 0.400. The number of nitrogens with one attached hydrogen (secondary N) is 1. The molecule has 3 rings (SSSR count). The summed E-state index contributed by atoms with van der Waals surface area (Å²) in [4.78, 5) is 19.2. The number of carbonyl (C=O) groups is 1. The van der Waals surface area contributed by atoms with E-state index in [1.54, 1.807) is 18.2 Å². The van der Waals surface area contributed by atoms with E-state index in [4.69, 9.17) is 4.74 Å². The predicted molar refractivity (Wildman–Crippen MR) is 78.5 cm³/mol. The third-order valence-corrected chi connectivity index (χ3v) is 3.64. The van der Waals surface area contributed by atoms with Crippen molar-refractivity contribution in [3.05, 3.63) is 30.5 Å². The topological polar surface area (TPSA) is 93.6 Å². The van der Waals surface area contributed by atoms with Gasteiger partial charge in [-0.05, 0) is 12.1 Å². The lowest BCUT2D eigenvalue weighted by atomic mass is 10.2. The zero-order valence-corrected chi connectivity index (χ0v) is 12.7. The minimum Gasteiger partial charge on any atom is -0.472 e. The number of aliphatic hydroxyl groups excluding tert-OH is 1. The molecule has 1 aliphatic rings. The fourth-order valence-corrected chi connectivity index (χ4v) is 2.47. The molecular formula is C15H14F3N3O4. The van der Waals surface area contributed by atoms with Gasteiger partial charge in [-0.15, -0.1) is 0 Å². The van der Waals surface area contributed by atoms with Gasteiger partial charge in [-0.2, -0.15) is 13.2 Å². The largest absolute Gasteiger partial charge is 0.491 e. The minimum atomic E-state index is -5.16. The second-order valence-electron chi connectivity index (χ2n) is 5.48. The van der Waals surface area contributed by atoms with Crippen molar-refractivity contribution in [2.24, 2.45) is 0 Å². The van der Waals surface area contributed by atoms with Gasteiger partial charge in [0.15, 0.2) is 0 Å². The van der Waals surface area contributed by atoms with Crippen LogP contribution in [-0.2, 0) is 9.53 Å². The van der Waals surface area contributed by atoms with Gasteiger partial charge < -0.3 is 19.9 Å². The van der Waals surface area contributed by atoms with Crippen LogP contribution < -0.4 is 10.1 Å². The van der Waals surface area contributed by atoms with Gasteiger partial charge >= 0.3 is 12.1 Å². The maximum Gasteiger partial charge on any atom is 0.491 e. The quantitative estimate of drug-likeness (QED) is 0.626. The van der Waals surface area contributed by atoms with E-state index in [0.29, 0.717) is 11.0 Å². The van der Waals surface area contributed by atoms with Gasteiger partial charge in [-0.1, -0.05) is 12.1 Å². The number of fused-ring (bicyclic) bond motifs is 1. The number of alkyl halides is 3. The lowest BCUT2D eigenvalue weighted by molar-refractivity contribution is -0.222. The highest BCUT2D eigenvalue weighted by Crippen LogP contribution is 2.22. The molecule has 1 aromatic carbocycles. The molecule has 2 heterocycles. The van der Waals surface area contributed by atoms with E-state index >= 15 is 0 Å². The third-order valence-electron chi connectivity index (χ3n) is 3.64. The molecule has 1 aliphatic heterocycles. The molecular weight excluding hydrogens is 343 g/mol. The van der Waals surface area contributed by atoms with Crippen molar-refractivity contribution < 1.29 is 32.5 Å². The molecule has 0 amide bonds. The van der Waals surface area contributed by atoms with E-state index in [9.17, 15) is 23.1 Å². The Morgan fingerprint density at radius 3 is 2.76 bits per heavy atom. The van der Waals surface area contributed by atoms with Gasteiger partial charge in [0.2, 0.25) is 12.2 Å². The molecule has 1 saturated heterocycles. The Hall–Kier alpha value is -2.46. The van der Waals surface area contributed by atoms with E-state index < -0.39 is 30.6 Å². The van der Waals surface area contributed by atoms with Crippen LogP contribution in [0.5, 0.6) is 5.88 Å². The molecule has 2 N–H and O–H groups in total. The summed E-state index contributed by atoms with van der Waals surface area (Å²) < 4.78 is 46.1. The smallest absolute Gasteiger partial charge is 0.472 e. The van der Waals surface area contributed by atoms with Crippen molar-refractivity contribution in [1.29, 1.82) is 0 Å². The fourth-order valence-electron chi connectivity index (χ4n) is 2.47. The lowest BCUT2D eigenvalue weighted by Crippen LogP contribution is -2.41. The molecule has 10 heteroatoms. The monoisotopic (exact) mass is 357 g/mol. The molecule has 134 valence electrons. The average Bonchev–Trinajstić information content (AvgIpc) is 3.02. The van der Waals surface area contributed by atoms with Gasteiger partial charge in [0.1, 0.15) is 6.10 Å². The van der Waals surface area contributed by atoms with Crippen molar-refractivity contribution in [1.82, 2.24) is 15.3 Å². The standard InChI is InChI=1S/C15H14F3N3O4/c16-15(17,18)14(23)25-13(22)11-5-8(6-19-11)24-12-7-20-9-3-1-2-4-10(9)21-12/h1-4,7-8,11,13,19,22H,5-6H2. The molecule has 7 nitrogen and oxygen atoms in total. The van der Waals surface area contributed by atoms with Crippen LogP contribution >= 0.6 is 0 Å². The van der Waals surface area contributed by atoms with Gasteiger partial charge in [0, 0.05) is 13.0 Å². The summed E-state index contributed by atoms with van der Waals surface area (Å²) in [6.45, 7) is 0.250. The van der Waals surface area contributed by atoms with Crippen LogP contribution in [0, 0.1) is 0 Å². The Balaban J connectivity index is 1.57. The number of halogens is 3. The van der Waals surface area contributed by atoms with Gasteiger partial charge in [0.05, 0.1) is 23.3 Å². The van der Waals surface area contributed by atoms with E-state index in [-0.39, 0.29) is 18.8 Å². The highest BCUT2D eigenvalue weighted by molar-refractivity contribution is 5.75. The molecule has 3 atom stereocenters. The van der Waals surface area contributed by atoms with E-state index in [0.717, 1.165) is 0 Å². The summed E-state index contributed by atoms with van der Waals surface area (Å²) in [6.07, 6.45) is -5.96. The average molecular weight is 357 g/mol. The Kier molecular flexibility index (Phi) is 4.73. The molecule has 3 unspecified atom stereocenters. The molecule has 0 bridgehead atoms. The van der Waals surface area contributed by atoms with E-state index in [2.05, 4.69) is 20.0 Å². The van der Waals surface area contributed by atoms with Crippen LogP contribution in [-0.4, -0.2) is 52.2 Å². The van der Waals surface area contributed by atoms with E-state index in [1.807, 2.05) is 6.07 Å². The summed E-state index contributed by atoms with van der Waals surface area (Å²) in [6, 6.07) is 6.33. The molecule has 1 aromatic heterocycles. The highest BCUT2D eigenvalue weighted by atomic mass is 19.4. The summed E-state index contributed by atoms with van der Waals surface area (Å²) in [5, 5.41) is 12.4. The Labute approximate surface area is 139 Å². The molecule has 0 radical (unpaired) electrons. The van der Waals surface area contributed by atoms with Crippen molar-refractivity contribution in [2.75, 3.05) is 6.54 Å². The van der Waals surface area contributed by atoms with Crippen LogP contribution in [0.25, 0.3) is 11.0 Å². The third kappa shape index (κ3) is 4.15. The number of aromatic nitrogens is 2. The summed E-state index contributed by atoms with van der Waals surface area (Å²) in [5.41, 5.74) is 1.34. The summed E-state index contributed by atoms with van der Waals surface area (Å²) in [7, 11) is 0. The zero-order valence-electron chi connectivity index (χ0n) is 12.7. The first-order chi connectivity index (χ1) is 11.8. The zero-order chi connectivity index (χ0) is 18.0. The first-order valence-electron chi connectivity index (χ1n) is 7.40. The van der Waals surface area contributed by atoms with Gasteiger partial charge in [-0.3, -0.25) is 0 Å². The first kappa shape index (κ1) is 17.4. The first-order valence-corrected chi connectivity index (χ1v) is 7.40. The second kappa shape index (κ2) is 6.81. The van der Waals surface area contributed by atoms with E-state index in [1.165, 1.54) is 6.20 Å². The normalized spacial score (nSPS) is 21.9. The van der Waals surface area contributed by atoms with Crippen LogP contribution in [0.4, 0.5) is 13.2 Å². The molecule has 25 heavy (non-hydrogen) atoms. The number of aliphatic hydroxyl groups is 1.